The van der Waals surface area contributed by atoms with Gasteiger partial charge in [-0.2, -0.15) is 0 Å². The first-order chi connectivity index (χ1) is 11.2. The van der Waals surface area contributed by atoms with E-state index in [1.165, 1.54) is 11.3 Å². The van der Waals surface area contributed by atoms with Gasteiger partial charge in [-0.3, -0.25) is 0 Å². The van der Waals surface area contributed by atoms with E-state index in [1.54, 1.807) is 0 Å². The molecule has 1 aromatic carbocycles. The van der Waals surface area contributed by atoms with Crippen LogP contribution in [0.25, 0.3) is 0 Å². The van der Waals surface area contributed by atoms with Crippen LogP contribution in [0.2, 0.25) is 0 Å². The van der Waals surface area contributed by atoms with Crippen molar-refractivity contribution in [2.24, 2.45) is 5.92 Å². The SMILES string of the molecule is CCN(CCNC(=O)N1CCC(CO)CC1)c1ccccc1C. The van der Waals surface area contributed by atoms with Crippen LogP contribution in [0, 0.1) is 12.8 Å². The van der Waals surface area contributed by atoms with Gasteiger partial charge in [0.15, 0.2) is 0 Å². The summed E-state index contributed by atoms with van der Waals surface area (Å²) in [5, 5.41) is 12.2. The number of rotatable bonds is 6. The first kappa shape index (κ1) is 17.6. The molecule has 0 bridgehead atoms. The van der Waals surface area contributed by atoms with Crippen LogP contribution in [-0.4, -0.2) is 55.4 Å². The predicted octanol–water partition coefficient (Wildman–Crippen LogP) is 2.24. The zero-order valence-corrected chi connectivity index (χ0v) is 14.3. The molecule has 0 spiro atoms. The Morgan fingerprint density at radius 1 is 1.35 bits per heavy atom. The molecule has 1 saturated heterocycles. The van der Waals surface area contributed by atoms with Gasteiger partial charge in [0.25, 0.3) is 0 Å². The number of hydrogen-bond acceptors (Lipinski definition) is 3. The molecule has 0 radical (unpaired) electrons. The average Bonchev–Trinajstić information content (AvgIpc) is 2.59. The molecule has 1 heterocycles. The van der Waals surface area contributed by atoms with Crippen molar-refractivity contribution in [2.45, 2.75) is 26.7 Å². The number of nitrogens with one attached hydrogen (secondary N) is 1. The van der Waals surface area contributed by atoms with Gasteiger partial charge < -0.3 is 20.2 Å². The molecule has 5 nitrogen and oxygen atoms in total. The lowest BCUT2D eigenvalue weighted by Gasteiger charge is -2.31. The Hall–Kier alpha value is -1.75. The summed E-state index contributed by atoms with van der Waals surface area (Å²) < 4.78 is 0. The first-order valence-corrected chi connectivity index (χ1v) is 8.60. The highest BCUT2D eigenvalue weighted by molar-refractivity contribution is 5.74. The summed E-state index contributed by atoms with van der Waals surface area (Å²) in [5.74, 6) is 0.357. The van der Waals surface area contributed by atoms with Crippen LogP contribution in [-0.2, 0) is 0 Å². The summed E-state index contributed by atoms with van der Waals surface area (Å²) in [4.78, 5) is 16.3. The maximum atomic E-state index is 12.2. The Kier molecular flexibility index (Phi) is 6.71. The van der Waals surface area contributed by atoms with Gasteiger partial charge in [0, 0.05) is 45.0 Å². The van der Waals surface area contributed by atoms with Crippen molar-refractivity contribution in [2.75, 3.05) is 44.2 Å². The number of urea groups is 1. The Balaban J connectivity index is 1.77. The van der Waals surface area contributed by atoms with Gasteiger partial charge in [0.2, 0.25) is 0 Å². The molecule has 2 amide bonds. The number of benzene rings is 1. The molecule has 128 valence electrons. The van der Waals surface area contributed by atoms with Crippen molar-refractivity contribution in [3.05, 3.63) is 29.8 Å². The van der Waals surface area contributed by atoms with Crippen molar-refractivity contribution in [3.63, 3.8) is 0 Å². The number of para-hydroxylation sites is 1. The van der Waals surface area contributed by atoms with Gasteiger partial charge in [0.1, 0.15) is 0 Å². The summed E-state index contributed by atoms with van der Waals surface area (Å²) in [6, 6.07) is 8.35. The van der Waals surface area contributed by atoms with Gasteiger partial charge in [-0.15, -0.1) is 0 Å². The van der Waals surface area contributed by atoms with Crippen molar-refractivity contribution in [3.8, 4) is 0 Å². The van der Waals surface area contributed by atoms with E-state index in [0.29, 0.717) is 12.5 Å². The van der Waals surface area contributed by atoms with Crippen LogP contribution in [0.3, 0.4) is 0 Å². The van der Waals surface area contributed by atoms with E-state index in [1.807, 2.05) is 11.0 Å². The summed E-state index contributed by atoms with van der Waals surface area (Å²) >= 11 is 0. The lowest BCUT2D eigenvalue weighted by atomic mass is 9.98. The van der Waals surface area contributed by atoms with Crippen molar-refractivity contribution in [1.29, 1.82) is 0 Å². The van der Waals surface area contributed by atoms with E-state index < -0.39 is 0 Å². The molecule has 1 aliphatic rings. The summed E-state index contributed by atoms with van der Waals surface area (Å²) in [7, 11) is 0. The fourth-order valence-electron chi connectivity index (χ4n) is 3.10. The molecule has 0 unspecified atom stereocenters. The Morgan fingerprint density at radius 3 is 2.65 bits per heavy atom. The molecule has 0 aromatic heterocycles. The second-order valence-corrected chi connectivity index (χ2v) is 6.21. The summed E-state index contributed by atoms with van der Waals surface area (Å²) in [6.07, 6.45) is 1.79. The summed E-state index contributed by atoms with van der Waals surface area (Å²) in [6.45, 7) is 8.33. The minimum atomic E-state index is 0.0160. The van der Waals surface area contributed by atoms with Gasteiger partial charge >= 0.3 is 6.03 Å². The minimum absolute atomic E-state index is 0.0160. The number of amides is 2. The monoisotopic (exact) mass is 319 g/mol. The van der Waals surface area contributed by atoms with Crippen molar-refractivity contribution >= 4 is 11.7 Å². The Morgan fingerprint density at radius 2 is 2.04 bits per heavy atom. The van der Waals surface area contributed by atoms with Crippen LogP contribution in [0.5, 0.6) is 0 Å². The van der Waals surface area contributed by atoms with Gasteiger partial charge in [-0.1, -0.05) is 18.2 Å². The number of hydrogen-bond donors (Lipinski definition) is 2. The Bertz CT molecular complexity index is 499. The number of piperidine rings is 1. The normalized spacial score (nSPS) is 15.5. The highest BCUT2D eigenvalue weighted by atomic mass is 16.3. The third kappa shape index (κ3) is 4.86. The van der Waals surface area contributed by atoms with E-state index >= 15 is 0 Å². The fourth-order valence-corrected chi connectivity index (χ4v) is 3.10. The van der Waals surface area contributed by atoms with Crippen molar-refractivity contribution in [1.82, 2.24) is 10.2 Å². The molecule has 1 aromatic rings. The van der Waals surface area contributed by atoms with E-state index in [0.717, 1.165) is 39.0 Å². The number of likely N-dealkylation sites (N-methyl/N-ethyl adjacent to an activating group) is 1. The Labute approximate surface area is 139 Å². The smallest absolute Gasteiger partial charge is 0.317 e. The van der Waals surface area contributed by atoms with Crippen LogP contribution < -0.4 is 10.2 Å². The van der Waals surface area contributed by atoms with E-state index in [2.05, 4.69) is 42.3 Å². The minimum Gasteiger partial charge on any atom is -0.396 e. The molecule has 2 N–H and O–H groups in total. The number of aryl methyl sites for hydroxylation is 1. The number of likely N-dealkylation sites (tertiary alicyclic amines) is 1. The standard InChI is InChI=1S/C18H29N3O2/c1-3-20(17-7-5-4-6-15(17)2)13-10-19-18(23)21-11-8-16(14-22)9-12-21/h4-7,16,22H,3,8-14H2,1-2H3,(H,19,23). The molecule has 1 aliphatic heterocycles. The summed E-state index contributed by atoms with van der Waals surface area (Å²) in [5.41, 5.74) is 2.49. The van der Waals surface area contributed by atoms with Crippen LogP contribution >= 0.6 is 0 Å². The molecule has 2 rings (SSSR count). The molecule has 0 aliphatic carbocycles. The maximum Gasteiger partial charge on any atom is 0.317 e. The van der Waals surface area contributed by atoms with E-state index in [-0.39, 0.29) is 12.6 Å². The average molecular weight is 319 g/mol. The molecule has 0 saturated carbocycles. The zero-order valence-electron chi connectivity index (χ0n) is 14.3. The lowest BCUT2D eigenvalue weighted by Crippen LogP contribution is -2.46. The quantitative estimate of drug-likeness (QED) is 0.845. The molecule has 23 heavy (non-hydrogen) atoms. The number of aliphatic hydroxyl groups is 1. The number of aliphatic hydroxyl groups excluding tert-OH is 1. The fraction of sp³-hybridized carbons (Fsp3) is 0.611. The highest BCUT2D eigenvalue weighted by Crippen LogP contribution is 2.19. The van der Waals surface area contributed by atoms with Crippen LogP contribution in [0.15, 0.2) is 24.3 Å². The number of nitrogens with zero attached hydrogens (tertiary/aromatic N) is 2. The lowest BCUT2D eigenvalue weighted by molar-refractivity contribution is 0.137. The molecule has 0 atom stereocenters. The third-order valence-electron chi connectivity index (χ3n) is 4.66. The number of carbonyl (C=O) groups excluding carboxylic acids is 1. The van der Waals surface area contributed by atoms with Gasteiger partial charge in [-0.05, 0) is 44.2 Å². The predicted molar refractivity (Wildman–Crippen MR) is 93.8 cm³/mol. The molecular weight excluding hydrogens is 290 g/mol. The highest BCUT2D eigenvalue weighted by Gasteiger charge is 2.21. The molecule has 5 heteroatoms. The van der Waals surface area contributed by atoms with Crippen LogP contribution in [0.4, 0.5) is 10.5 Å². The second-order valence-electron chi connectivity index (χ2n) is 6.21. The number of carbonyl (C=O) groups is 1. The largest absolute Gasteiger partial charge is 0.396 e. The van der Waals surface area contributed by atoms with Gasteiger partial charge in [0.05, 0.1) is 0 Å². The third-order valence-corrected chi connectivity index (χ3v) is 4.66. The topological polar surface area (TPSA) is 55.8 Å². The van der Waals surface area contributed by atoms with E-state index in [4.69, 9.17) is 5.11 Å². The van der Waals surface area contributed by atoms with Crippen molar-refractivity contribution < 1.29 is 9.90 Å². The molecular formula is C18H29N3O2. The number of anilines is 1. The second kappa shape index (κ2) is 8.77. The van der Waals surface area contributed by atoms with Gasteiger partial charge in [-0.25, -0.2) is 4.79 Å². The zero-order chi connectivity index (χ0) is 16.7. The van der Waals surface area contributed by atoms with Crippen LogP contribution in [0.1, 0.15) is 25.3 Å². The maximum absolute atomic E-state index is 12.2. The first-order valence-electron chi connectivity index (χ1n) is 8.60. The molecule has 1 fully saturated rings. The van der Waals surface area contributed by atoms with E-state index in [9.17, 15) is 4.79 Å².